The van der Waals surface area contributed by atoms with Crippen LogP contribution in [0.1, 0.15) is 19.8 Å². The first-order chi connectivity index (χ1) is 4.34. The largest absolute Gasteiger partial charge is 0.350 e. The smallest absolute Gasteiger partial charge is 0.158 e. The van der Waals surface area contributed by atoms with Gasteiger partial charge in [-0.25, -0.2) is 0 Å². The lowest BCUT2D eigenvalue weighted by Gasteiger charge is -2.22. The van der Waals surface area contributed by atoms with E-state index in [2.05, 4.69) is 6.92 Å². The van der Waals surface area contributed by atoms with Crippen LogP contribution in [0.4, 0.5) is 0 Å². The van der Waals surface area contributed by atoms with Crippen molar-refractivity contribution in [3.63, 3.8) is 0 Å². The average Bonchev–Trinajstić information content (AvgIpc) is 2.11. The molecule has 0 aromatic rings. The number of ether oxygens (including phenoxy) is 2. The van der Waals surface area contributed by atoms with Gasteiger partial charge in [0.2, 0.25) is 0 Å². The molecule has 2 heteroatoms. The summed E-state index contributed by atoms with van der Waals surface area (Å²) < 4.78 is 10.8. The molecule has 3 unspecified atom stereocenters. The van der Waals surface area contributed by atoms with Crippen LogP contribution in [0, 0.1) is 5.92 Å². The Bertz CT molecular complexity index is 101. The molecule has 2 rings (SSSR count). The fraction of sp³-hybridized carbons (Fsp3) is 1.00. The molecule has 0 radical (unpaired) electrons. The third-order valence-corrected chi connectivity index (χ3v) is 2.07. The van der Waals surface area contributed by atoms with Crippen LogP contribution in [0.5, 0.6) is 0 Å². The highest BCUT2D eigenvalue weighted by atomic mass is 16.7. The maximum absolute atomic E-state index is 5.45. The van der Waals surface area contributed by atoms with Crippen molar-refractivity contribution in [2.24, 2.45) is 5.92 Å². The molecule has 0 aliphatic carbocycles. The fourth-order valence-corrected chi connectivity index (χ4v) is 1.63. The molecule has 0 aromatic carbocycles. The Morgan fingerprint density at radius 1 is 1.33 bits per heavy atom. The van der Waals surface area contributed by atoms with Crippen LogP contribution in [-0.2, 0) is 9.47 Å². The van der Waals surface area contributed by atoms with Gasteiger partial charge in [-0.15, -0.1) is 0 Å². The highest BCUT2D eigenvalue weighted by molar-refractivity contribution is 4.75. The maximum Gasteiger partial charge on any atom is 0.158 e. The first-order valence-electron chi connectivity index (χ1n) is 3.61. The second-order valence-electron chi connectivity index (χ2n) is 3.10. The van der Waals surface area contributed by atoms with Crippen molar-refractivity contribution in [2.45, 2.75) is 32.2 Å². The third-order valence-electron chi connectivity index (χ3n) is 2.07. The molecule has 0 amide bonds. The van der Waals surface area contributed by atoms with Gasteiger partial charge in [-0.1, -0.05) is 6.92 Å². The Morgan fingerprint density at radius 3 is 3.00 bits per heavy atom. The van der Waals surface area contributed by atoms with Gasteiger partial charge in [0.15, 0.2) is 6.29 Å². The van der Waals surface area contributed by atoms with Gasteiger partial charge in [-0.2, -0.15) is 0 Å². The van der Waals surface area contributed by atoms with Crippen molar-refractivity contribution in [3.8, 4) is 0 Å². The minimum Gasteiger partial charge on any atom is -0.350 e. The third kappa shape index (κ3) is 0.970. The van der Waals surface area contributed by atoms with Gasteiger partial charge in [-0.3, -0.25) is 0 Å². The number of rotatable bonds is 0. The Labute approximate surface area is 55.1 Å². The Kier molecular flexibility index (Phi) is 1.24. The summed E-state index contributed by atoms with van der Waals surface area (Å²) in [6.45, 7) is 3.09. The summed E-state index contributed by atoms with van der Waals surface area (Å²) in [4.78, 5) is 0. The van der Waals surface area contributed by atoms with Crippen molar-refractivity contribution in [1.82, 2.24) is 0 Å². The average molecular weight is 128 g/mol. The van der Waals surface area contributed by atoms with Gasteiger partial charge in [0.05, 0.1) is 12.7 Å². The van der Waals surface area contributed by atoms with Gasteiger partial charge >= 0.3 is 0 Å². The number of hydrogen-bond acceptors (Lipinski definition) is 2. The molecule has 52 valence electrons. The summed E-state index contributed by atoms with van der Waals surface area (Å²) in [5, 5.41) is 0. The number of hydrogen-bond donors (Lipinski definition) is 0. The zero-order valence-corrected chi connectivity index (χ0v) is 5.67. The monoisotopic (exact) mass is 128 g/mol. The van der Waals surface area contributed by atoms with E-state index in [1.54, 1.807) is 0 Å². The summed E-state index contributed by atoms with van der Waals surface area (Å²) in [5.74, 6) is 0.802. The van der Waals surface area contributed by atoms with E-state index >= 15 is 0 Å². The molecule has 2 saturated heterocycles. The predicted molar refractivity (Wildman–Crippen MR) is 33.0 cm³/mol. The van der Waals surface area contributed by atoms with Gasteiger partial charge in [-0.05, 0) is 12.3 Å². The first-order valence-corrected chi connectivity index (χ1v) is 3.61. The molecule has 2 nitrogen and oxygen atoms in total. The van der Waals surface area contributed by atoms with E-state index in [0.717, 1.165) is 18.9 Å². The molecule has 0 spiro atoms. The van der Waals surface area contributed by atoms with E-state index in [9.17, 15) is 0 Å². The molecule has 3 atom stereocenters. The molecule has 2 aliphatic heterocycles. The van der Waals surface area contributed by atoms with Crippen LogP contribution in [0.15, 0.2) is 0 Å². The van der Waals surface area contributed by atoms with Gasteiger partial charge in [0, 0.05) is 6.42 Å². The molecule has 9 heavy (non-hydrogen) atoms. The second kappa shape index (κ2) is 1.96. The number of fused-ring (bicyclic) bond motifs is 2. The minimum absolute atomic E-state index is 0.138. The first kappa shape index (κ1) is 5.69. The van der Waals surface area contributed by atoms with E-state index < -0.39 is 0 Å². The van der Waals surface area contributed by atoms with Gasteiger partial charge < -0.3 is 9.47 Å². The van der Waals surface area contributed by atoms with Crippen LogP contribution in [0.2, 0.25) is 0 Å². The molecule has 2 fully saturated rings. The Morgan fingerprint density at radius 2 is 2.22 bits per heavy atom. The Balaban J connectivity index is 2.03. The summed E-state index contributed by atoms with van der Waals surface area (Å²) in [7, 11) is 0. The van der Waals surface area contributed by atoms with Gasteiger partial charge in [0.25, 0.3) is 0 Å². The highest BCUT2D eigenvalue weighted by Crippen LogP contribution is 2.30. The van der Waals surface area contributed by atoms with Gasteiger partial charge in [0.1, 0.15) is 0 Å². The Hall–Kier alpha value is -0.0800. The van der Waals surface area contributed by atoms with Crippen LogP contribution < -0.4 is 0 Å². The normalized spacial score (nSPS) is 49.7. The zero-order chi connectivity index (χ0) is 6.27. The summed E-state index contributed by atoms with van der Waals surface area (Å²) in [5.41, 5.74) is 0. The molecule has 0 aromatic heterocycles. The lowest BCUT2D eigenvalue weighted by molar-refractivity contribution is -0.0954. The quantitative estimate of drug-likeness (QED) is 0.487. The summed E-state index contributed by atoms with van der Waals surface area (Å²) >= 11 is 0. The molecule has 2 aliphatic rings. The van der Waals surface area contributed by atoms with Crippen molar-refractivity contribution in [3.05, 3.63) is 0 Å². The van der Waals surface area contributed by atoms with E-state index in [-0.39, 0.29) is 6.29 Å². The van der Waals surface area contributed by atoms with Crippen LogP contribution >= 0.6 is 0 Å². The highest BCUT2D eigenvalue weighted by Gasteiger charge is 2.33. The van der Waals surface area contributed by atoms with Crippen molar-refractivity contribution in [2.75, 3.05) is 6.61 Å². The standard InChI is InChI=1S/C7H12O2/c1-5-2-6-4-8-7(3-5)9-6/h5-7H,2-4H2,1H3. The van der Waals surface area contributed by atoms with E-state index in [4.69, 9.17) is 9.47 Å². The van der Waals surface area contributed by atoms with E-state index in [0.29, 0.717) is 6.10 Å². The zero-order valence-electron chi connectivity index (χ0n) is 5.67. The molecular formula is C7H12O2. The lowest BCUT2D eigenvalue weighted by Crippen LogP contribution is -2.23. The van der Waals surface area contributed by atoms with E-state index in [1.807, 2.05) is 0 Å². The van der Waals surface area contributed by atoms with Crippen molar-refractivity contribution >= 4 is 0 Å². The van der Waals surface area contributed by atoms with Crippen molar-refractivity contribution < 1.29 is 9.47 Å². The molecule has 2 bridgehead atoms. The maximum atomic E-state index is 5.45. The van der Waals surface area contributed by atoms with Crippen LogP contribution in [0.25, 0.3) is 0 Å². The molecular weight excluding hydrogens is 116 g/mol. The van der Waals surface area contributed by atoms with Crippen LogP contribution in [-0.4, -0.2) is 19.0 Å². The second-order valence-corrected chi connectivity index (χ2v) is 3.10. The van der Waals surface area contributed by atoms with E-state index in [1.165, 1.54) is 6.42 Å². The molecule has 0 saturated carbocycles. The topological polar surface area (TPSA) is 18.5 Å². The summed E-state index contributed by atoms with van der Waals surface area (Å²) in [6, 6.07) is 0. The lowest BCUT2D eigenvalue weighted by atomic mass is 9.99. The SMILES string of the molecule is CC1CC2COC(C1)O2. The fourth-order valence-electron chi connectivity index (χ4n) is 1.63. The van der Waals surface area contributed by atoms with Crippen molar-refractivity contribution in [1.29, 1.82) is 0 Å². The minimum atomic E-state index is 0.138. The van der Waals surface area contributed by atoms with Crippen LogP contribution in [0.3, 0.4) is 0 Å². The molecule has 2 heterocycles. The molecule has 0 N–H and O–H groups in total. The predicted octanol–water partition coefficient (Wildman–Crippen LogP) is 1.16. The summed E-state index contributed by atoms with van der Waals surface area (Å²) in [6.07, 6.45) is 2.84.